The Balaban J connectivity index is 2.35. The number of hydrogen-bond donors (Lipinski definition) is 0. The predicted molar refractivity (Wildman–Crippen MR) is 64.2 cm³/mol. The van der Waals surface area contributed by atoms with Crippen molar-refractivity contribution in [3.05, 3.63) is 0 Å². The van der Waals surface area contributed by atoms with Crippen LogP contribution in [0.25, 0.3) is 0 Å². The zero-order valence-corrected chi connectivity index (χ0v) is 11.3. The fraction of sp³-hybridized carbons (Fsp3) is 0.909. The van der Waals surface area contributed by atoms with Gasteiger partial charge < -0.3 is 9.64 Å². The molecule has 1 rings (SSSR count). The van der Waals surface area contributed by atoms with Crippen LogP contribution in [0.4, 0.5) is 0 Å². The molecule has 0 bridgehead atoms. The molecule has 0 heterocycles. The summed E-state index contributed by atoms with van der Waals surface area (Å²) in [6, 6.07) is 0.471. The molecular formula is C11H20BrNO2. The molecule has 1 aliphatic carbocycles. The van der Waals surface area contributed by atoms with Crippen molar-refractivity contribution in [3.8, 4) is 0 Å². The Labute approximate surface area is 100 Å². The Morgan fingerprint density at radius 3 is 2.47 bits per heavy atom. The molecule has 1 fully saturated rings. The van der Waals surface area contributed by atoms with Gasteiger partial charge >= 0.3 is 0 Å². The van der Waals surface area contributed by atoms with Crippen molar-refractivity contribution < 1.29 is 9.53 Å². The lowest BCUT2D eigenvalue weighted by molar-refractivity contribution is -0.141. The third-order valence-corrected chi connectivity index (χ3v) is 2.62. The molecule has 0 aromatic rings. The lowest BCUT2D eigenvalue weighted by Gasteiger charge is -2.24. The second kappa shape index (κ2) is 5.30. The Morgan fingerprint density at radius 1 is 1.47 bits per heavy atom. The first-order chi connectivity index (χ1) is 6.94. The van der Waals surface area contributed by atoms with E-state index in [1.165, 1.54) is 0 Å². The van der Waals surface area contributed by atoms with Crippen molar-refractivity contribution in [2.75, 3.05) is 18.5 Å². The first-order valence-corrected chi connectivity index (χ1v) is 6.55. The van der Waals surface area contributed by atoms with Gasteiger partial charge in [-0.15, -0.1) is 0 Å². The summed E-state index contributed by atoms with van der Waals surface area (Å²) < 4.78 is 5.49. The average molecular weight is 278 g/mol. The maximum atomic E-state index is 11.8. The maximum absolute atomic E-state index is 11.8. The molecule has 0 aromatic carbocycles. The topological polar surface area (TPSA) is 29.5 Å². The summed E-state index contributed by atoms with van der Waals surface area (Å²) in [5.74, 6) is 0.117. The molecule has 15 heavy (non-hydrogen) atoms. The molecular weight excluding hydrogens is 258 g/mol. The lowest BCUT2D eigenvalue weighted by Crippen LogP contribution is -2.39. The average Bonchev–Trinajstić information content (AvgIpc) is 2.92. The summed E-state index contributed by atoms with van der Waals surface area (Å²) in [4.78, 5) is 13.8. The van der Waals surface area contributed by atoms with E-state index < -0.39 is 0 Å². The molecule has 0 aromatic heterocycles. The number of rotatable bonds is 5. The zero-order valence-electron chi connectivity index (χ0n) is 9.75. The predicted octanol–water partition coefficient (Wildman–Crippen LogP) is 2.19. The quantitative estimate of drug-likeness (QED) is 0.721. The number of halogens is 1. The smallest absolute Gasteiger partial charge is 0.248 e. The number of hydrogen-bond acceptors (Lipinski definition) is 2. The largest absolute Gasteiger partial charge is 0.366 e. The van der Waals surface area contributed by atoms with Gasteiger partial charge in [-0.25, -0.2) is 0 Å². The van der Waals surface area contributed by atoms with Crippen LogP contribution in [0.2, 0.25) is 0 Å². The van der Waals surface area contributed by atoms with Crippen LogP contribution in [0.15, 0.2) is 0 Å². The fourth-order valence-electron chi connectivity index (χ4n) is 1.35. The van der Waals surface area contributed by atoms with Crippen molar-refractivity contribution in [2.24, 2.45) is 0 Å². The van der Waals surface area contributed by atoms with Gasteiger partial charge in [0.2, 0.25) is 5.91 Å². The van der Waals surface area contributed by atoms with E-state index in [1.54, 1.807) is 0 Å². The second-order valence-electron chi connectivity index (χ2n) is 4.91. The SMILES string of the molecule is CC(C)(C)OCC(=O)N(CCBr)C1CC1. The highest BCUT2D eigenvalue weighted by atomic mass is 79.9. The van der Waals surface area contributed by atoms with Crippen molar-refractivity contribution in [1.29, 1.82) is 0 Å². The van der Waals surface area contributed by atoms with Gasteiger partial charge in [0.05, 0.1) is 5.60 Å². The number of amides is 1. The number of carbonyl (C=O) groups is 1. The molecule has 0 aliphatic heterocycles. The van der Waals surface area contributed by atoms with Crippen molar-refractivity contribution in [1.82, 2.24) is 4.90 Å². The van der Waals surface area contributed by atoms with E-state index in [1.807, 2.05) is 25.7 Å². The van der Waals surface area contributed by atoms with E-state index in [-0.39, 0.29) is 18.1 Å². The summed E-state index contributed by atoms with van der Waals surface area (Å²) in [6.07, 6.45) is 2.29. The lowest BCUT2D eigenvalue weighted by atomic mass is 10.2. The van der Waals surface area contributed by atoms with Crippen molar-refractivity contribution in [2.45, 2.75) is 45.3 Å². The highest BCUT2D eigenvalue weighted by Crippen LogP contribution is 2.27. The summed E-state index contributed by atoms with van der Waals surface area (Å²) in [7, 11) is 0. The monoisotopic (exact) mass is 277 g/mol. The number of nitrogens with zero attached hydrogens (tertiary/aromatic N) is 1. The molecule has 1 aliphatic rings. The normalized spacial score (nSPS) is 16.5. The number of ether oxygens (including phenoxy) is 1. The Hall–Kier alpha value is -0.0900. The Morgan fingerprint density at radius 2 is 2.07 bits per heavy atom. The minimum absolute atomic E-state index is 0.117. The molecule has 1 amide bonds. The number of alkyl halides is 1. The van der Waals surface area contributed by atoms with E-state index >= 15 is 0 Å². The van der Waals surface area contributed by atoms with E-state index in [4.69, 9.17) is 4.74 Å². The molecule has 1 saturated carbocycles. The van der Waals surface area contributed by atoms with E-state index in [9.17, 15) is 4.79 Å². The van der Waals surface area contributed by atoms with Crippen molar-refractivity contribution >= 4 is 21.8 Å². The van der Waals surface area contributed by atoms with Crippen LogP contribution in [0.3, 0.4) is 0 Å². The van der Waals surface area contributed by atoms with Gasteiger partial charge in [0, 0.05) is 17.9 Å². The second-order valence-corrected chi connectivity index (χ2v) is 5.70. The molecule has 0 N–H and O–H groups in total. The Kier molecular flexibility index (Phi) is 4.59. The molecule has 0 spiro atoms. The van der Waals surface area contributed by atoms with Crippen LogP contribution < -0.4 is 0 Å². The standard InChI is InChI=1S/C11H20BrNO2/c1-11(2,3)15-8-10(14)13(7-6-12)9-4-5-9/h9H,4-8H2,1-3H3. The molecule has 4 heteroatoms. The van der Waals surface area contributed by atoms with Crippen LogP contribution in [0, 0.1) is 0 Å². The fourth-order valence-corrected chi connectivity index (χ4v) is 1.73. The van der Waals surface area contributed by atoms with Crippen LogP contribution in [-0.2, 0) is 9.53 Å². The van der Waals surface area contributed by atoms with Gasteiger partial charge in [-0.1, -0.05) is 15.9 Å². The summed E-state index contributed by atoms with van der Waals surface area (Å²) in [6.45, 7) is 6.88. The summed E-state index contributed by atoms with van der Waals surface area (Å²) >= 11 is 3.37. The summed E-state index contributed by atoms with van der Waals surface area (Å²) in [5.41, 5.74) is -0.237. The minimum atomic E-state index is -0.237. The molecule has 0 atom stereocenters. The van der Waals surface area contributed by atoms with Crippen LogP contribution >= 0.6 is 15.9 Å². The molecule has 0 saturated heterocycles. The van der Waals surface area contributed by atoms with Gasteiger partial charge in [-0.05, 0) is 33.6 Å². The van der Waals surface area contributed by atoms with Crippen LogP contribution in [-0.4, -0.2) is 40.9 Å². The zero-order chi connectivity index (χ0) is 11.5. The maximum Gasteiger partial charge on any atom is 0.248 e. The highest BCUT2D eigenvalue weighted by Gasteiger charge is 2.32. The molecule has 88 valence electrons. The third-order valence-electron chi connectivity index (χ3n) is 2.26. The van der Waals surface area contributed by atoms with Gasteiger partial charge in [-0.3, -0.25) is 4.79 Å². The summed E-state index contributed by atoms with van der Waals surface area (Å²) in [5, 5.41) is 0.838. The highest BCUT2D eigenvalue weighted by molar-refractivity contribution is 9.09. The van der Waals surface area contributed by atoms with Gasteiger partial charge in [0.15, 0.2) is 0 Å². The first-order valence-electron chi connectivity index (χ1n) is 5.43. The van der Waals surface area contributed by atoms with E-state index in [0.29, 0.717) is 6.04 Å². The van der Waals surface area contributed by atoms with Crippen LogP contribution in [0.5, 0.6) is 0 Å². The first kappa shape index (κ1) is 13.0. The third kappa shape index (κ3) is 4.98. The van der Waals surface area contributed by atoms with E-state index in [2.05, 4.69) is 15.9 Å². The van der Waals surface area contributed by atoms with E-state index in [0.717, 1.165) is 24.7 Å². The Bertz CT molecular complexity index is 221. The molecule has 0 radical (unpaired) electrons. The van der Waals surface area contributed by atoms with Gasteiger partial charge in [-0.2, -0.15) is 0 Å². The van der Waals surface area contributed by atoms with Crippen LogP contribution in [0.1, 0.15) is 33.6 Å². The van der Waals surface area contributed by atoms with Gasteiger partial charge in [0.25, 0.3) is 0 Å². The molecule has 3 nitrogen and oxygen atoms in total. The minimum Gasteiger partial charge on any atom is -0.366 e. The van der Waals surface area contributed by atoms with Crippen molar-refractivity contribution in [3.63, 3.8) is 0 Å². The molecule has 0 unspecified atom stereocenters. The number of carbonyl (C=O) groups excluding carboxylic acids is 1. The van der Waals surface area contributed by atoms with Gasteiger partial charge in [0.1, 0.15) is 6.61 Å².